The lowest BCUT2D eigenvalue weighted by Gasteiger charge is -1.97. The summed E-state index contributed by atoms with van der Waals surface area (Å²) in [6.45, 7) is 0. The van der Waals surface area contributed by atoms with Gasteiger partial charge in [0.1, 0.15) is 5.75 Å². The molecular weight excluding hydrogens is 127 g/mol. The molecule has 0 aliphatic heterocycles. The van der Waals surface area contributed by atoms with Crippen LogP contribution in [0.3, 0.4) is 0 Å². The second-order valence-electron chi connectivity index (χ2n) is 1.91. The molecule has 0 bridgehead atoms. The molecule has 0 aliphatic carbocycles. The lowest BCUT2D eigenvalue weighted by Crippen LogP contribution is -2.03. The van der Waals surface area contributed by atoms with Gasteiger partial charge in [-0.25, -0.2) is 0 Å². The van der Waals surface area contributed by atoms with Gasteiger partial charge in [-0.3, -0.25) is 4.79 Å². The number of benzene rings is 1. The van der Waals surface area contributed by atoms with E-state index in [4.69, 9.17) is 4.74 Å². The molecule has 1 rings (SSSR count). The average Bonchev–Trinajstić information content (AvgIpc) is 1.88. The minimum absolute atomic E-state index is 0.286. The Morgan fingerprint density at radius 2 is 1.90 bits per heavy atom. The van der Waals surface area contributed by atoms with Crippen molar-refractivity contribution < 1.29 is 9.53 Å². The van der Waals surface area contributed by atoms with E-state index in [1.165, 1.54) is 7.85 Å². The first-order valence-corrected chi connectivity index (χ1v) is 3.02. The Bertz CT molecular complexity index is 220. The monoisotopic (exact) mass is 134 g/mol. The highest BCUT2D eigenvalue weighted by atomic mass is 16.5. The van der Waals surface area contributed by atoms with Crippen molar-refractivity contribution in [3.05, 3.63) is 30.3 Å². The van der Waals surface area contributed by atoms with Crippen LogP contribution in [0.4, 0.5) is 4.79 Å². The van der Waals surface area contributed by atoms with Crippen molar-refractivity contribution in [2.24, 2.45) is 0 Å². The summed E-state index contributed by atoms with van der Waals surface area (Å²) < 4.78 is 4.78. The Kier molecular flexibility index (Phi) is 2.10. The smallest absolute Gasteiger partial charge is 0.248 e. The van der Waals surface area contributed by atoms with Crippen LogP contribution in [-0.2, 0) is 0 Å². The summed E-state index contributed by atoms with van der Waals surface area (Å²) >= 11 is 0. The maximum atomic E-state index is 10.4. The van der Waals surface area contributed by atoms with Crippen molar-refractivity contribution in [3.63, 3.8) is 0 Å². The fraction of sp³-hybridized carbons (Fsp3) is 0. The van der Waals surface area contributed by atoms with Crippen LogP contribution >= 0.6 is 0 Å². The van der Waals surface area contributed by atoms with E-state index in [0.29, 0.717) is 5.75 Å². The summed E-state index contributed by atoms with van der Waals surface area (Å²) in [5, 5.41) is 0. The predicted octanol–water partition coefficient (Wildman–Crippen LogP) is 0.819. The van der Waals surface area contributed by atoms with Crippen LogP contribution in [0.2, 0.25) is 0 Å². The van der Waals surface area contributed by atoms with Gasteiger partial charge in [0.2, 0.25) is 13.7 Å². The number of carbonyl (C=O) groups is 1. The first-order valence-electron chi connectivity index (χ1n) is 3.02. The summed E-state index contributed by atoms with van der Waals surface area (Å²) in [5.74, 6) is 0.307. The molecule has 0 atom stereocenters. The van der Waals surface area contributed by atoms with Gasteiger partial charge in [-0.15, -0.1) is 0 Å². The first-order chi connectivity index (χ1) is 4.79. The number of rotatable bonds is 1. The molecule has 0 aliphatic rings. The minimum Gasteiger partial charge on any atom is -0.435 e. The summed E-state index contributed by atoms with van der Waals surface area (Å²) in [6, 6.07) is 8.98. The van der Waals surface area contributed by atoms with Crippen LogP contribution < -0.4 is 4.74 Å². The molecule has 1 aromatic carbocycles. The molecular formula is C7H7BO2. The van der Waals surface area contributed by atoms with Crippen molar-refractivity contribution in [1.82, 2.24) is 0 Å². The Balaban J connectivity index is 2.67. The van der Waals surface area contributed by atoms with Crippen molar-refractivity contribution in [1.29, 1.82) is 0 Å². The highest BCUT2D eigenvalue weighted by Gasteiger charge is 1.92. The van der Waals surface area contributed by atoms with E-state index in [-0.39, 0.29) is 5.87 Å². The van der Waals surface area contributed by atoms with E-state index >= 15 is 0 Å². The van der Waals surface area contributed by atoms with Crippen LogP contribution in [0, 0.1) is 0 Å². The van der Waals surface area contributed by atoms with Gasteiger partial charge >= 0.3 is 0 Å². The van der Waals surface area contributed by atoms with Crippen LogP contribution in [0.25, 0.3) is 0 Å². The summed E-state index contributed by atoms with van der Waals surface area (Å²) in [6.07, 6.45) is 0. The third kappa shape index (κ3) is 1.93. The summed E-state index contributed by atoms with van der Waals surface area (Å²) in [5.41, 5.74) is 0. The zero-order chi connectivity index (χ0) is 7.40. The van der Waals surface area contributed by atoms with Gasteiger partial charge in [-0.1, -0.05) is 18.2 Å². The fourth-order valence-corrected chi connectivity index (χ4v) is 0.655. The Labute approximate surface area is 60.2 Å². The van der Waals surface area contributed by atoms with Gasteiger partial charge in [-0.2, -0.15) is 0 Å². The minimum atomic E-state index is -0.286. The zero-order valence-electron chi connectivity index (χ0n) is 5.70. The van der Waals surface area contributed by atoms with Crippen LogP contribution in [0.15, 0.2) is 30.3 Å². The van der Waals surface area contributed by atoms with Crippen molar-refractivity contribution in [2.45, 2.75) is 0 Å². The topological polar surface area (TPSA) is 26.3 Å². The third-order valence-corrected chi connectivity index (χ3v) is 1.00. The maximum absolute atomic E-state index is 10.4. The highest BCUT2D eigenvalue weighted by molar-refractivity contribution is 6.55. The third-order valence-electron chi connectivity index (χ3n) is 1.00. The Morgan fingerprint density at radius 3 is 2.40 bits per heavy atom. The predicted molar refractivity (Wildman–Crippen MR) is 41.0 cm³/mol. The SMILES string of the molecule is BC(=O)Oc1ccccc1. The second kappa shape index (κ2) is 3.06. The molecule has 0 saturated carbocycles. The standard InChI is InChI=1S/C7H7BO2/c8-7(9)10-6-4-2-1-3-5-6/h1-5H,8H2. The van der Waals surface area contributed by atoms with E-state index in [1.807, 2.05) is 18.2 Å². The lowest BCUT2D eigenvalue weighted by atomic mass is 10.2. The average molecular weight is 134 g/mol. The molecule has 0 fully saturated rings. The van der Waals surface area contributed by atoms with Gasteiger partial charge in [0, 0.05) is 0 Å². The normalized spacial score (nSPS) is 8.80. The van der Waals surface area contributed by atoms with E-state index in [9.17, 15) is 4.79 Å². The van der Waals surface area contributed by atoms with Crippen molar-refractivity contribution in [2.75, 3.05) is 0 Å². The van der Waals surface area contributed by atoms with Gasteiger partial charge in [0.25, 0.3) is 0 Å². The molecule has 0 radical (unpaired) electrons. The Morgan fingerprint density at radius 1 is 1.30 bits per heavy atom. The number of ether oxygens (including phenoxy) is 1. The van der Waals surface area contributed by atoms with E-state index < -0.39 is 0 Å². The molecule has 0 unspecified atom stereocenters. The number of carbonyl (C=O) groups excluding carboxylic acids is 1. The number of para-hydroxylation sites is 1. The molecule has 1 aromatic rings. The molecule has 0 saturated heterocycles. The van der Waals surface area contributed by atoms with E-state index in [1.54, 1.807) is 12.1 Å². The molecule has 0 aromatic heterocycles. The number of hydrogen-bond acceptors (Lipinski definition) is 2. The van der Waals surface area contributed by atoms with Crippen molar-refractivity contribution >= 4 is 13.7 Å². The molecule has 0 spiro atoms. The zero-order valence-corrected chi connectivity index (χ0v) is 5.70. The van der Waals surface area contributed by atoms with Crippen LogP contribution in [0.5, 0.6) is 5.75 Å². The fourth-order valence-electron chi connectivity index (χ4n) is 0.655. The molecule has 0 amide bonds. The molecule has 10 heavy (non-hydrogen) atoms. The van der Waals surface area contributed by atoms with Crippen LogP contribution in [-0.4, -0.2) is 13.7 Å². The van der Waals surface area contributed by atoms with Gasteiger partial charge in [-0.05, 0) is 12.1 Å². The van der Waals surface area contributed by atoms with Gasteiger partial charge in [0.05, 0.1) is 0 Å². The van der Waals surface area contributed by atoms with E-state index in [2.05, 4.69) is 0 Å². The van der Waals surface area contributed by atoms with Crippen molar-refractivity contribution in [3.8, 4) is 5.75 Å². The summed E-state index contributed by atoms with van der Waals surface area (Å²) in [7, 11) is 1.38. The lowest BCUT2D eigenvalue weighted by molar-refractivity contribution is 0.225. The quantitative estimate of drug-likeness (QED) is 0.531. The molecule has 0 heterocycles. The second-order valence-corrected chi connectivity index (χ2v) is 1.91. The highest BCUT2D eigenvalue weighted by Crippen LogP contribution is 2.07. The first kappa shape index (κ1) is 6.87. The number of hydrogen-bond donors (Lipinski definition) is 0. The van der Waals surface area contributed by atoms with Gasteiger partial charge < -0.3 is 4.74 Å². The molecule has 2 nitrogen and oxygen atoms in total. The molecule has 50 valence electrons. The molecule has 0 N–H and O–H groups in total. The van der Waals surface area contributed by atoms with Crippen LogP contribution in [0.1, 0.15) is 0 Å². The summed E-state index contributed by atoms with van der Waals surface area (Å²) in [4.78, 5) is 10.4. The van der Waals surface area contributed by atoms with Gasteiger partial charge in [0.15, 0.2) is 0 Å². The Hall–Kier alpha value is -1.25. The van der Waals surface area contributed by atoms with E-state index in [0.717, 1.165) is 0 Å². The molecule has 3 heteroatoms. The maximum Gasteiger partial charge on any atom is 0.248 e. The largest absolute Gasteiger partial charge is 0.435 e.